The van der Waals surface area contributed by atoms with Gasteiger partial charge in [0.05, 0.1) is 31.5 Å². The van der Waals surface area contributed by atoms with E-state index >= 15 is 0 Å². The van der Waals surface area contributed by atoms with Crippen molar-refractivity contribution >= 4 is 18.0 Å². The van der Waals surface area contributed by atoms with Crippen LogP contribution in [0, 0.1) is 11.3 Å². The van der Waals surface area contributed by atoms with Crippen LogP contribution in [0.25, 0.3) is 17.3 Å². The van der Waals surface area contributed by atoms with Gasteiger partial charge in [0, 0.05) is 30.3 Å². The first kappa shape index (κ1) is 19.5. The highest BCUT2D eigenvalue weighted by molar-refractivity contribution is 5.96. The minimum atomic E-state index is -1.60. The largest absolute Gasteiger partial charge is 0.544 e. The van der Waals surface area contributed by atoms with Crippen molar-refractivity contribution in [2.24, 2.45) is 5.73 Å². The number of hydrogen-bond donors (Lipinski definition) is 1. The minimum Gasteiger partial charge on any atom is -0.544 e. The highest BCUT2D eigenvalue weighted by Crippen LogP contribution is 2.33. The Morgan fingerprint density at radius 3 is 2.59 bits per heavy atom. The second-order valence-electron chi connectivity index (χ2n) is 5.44. The summed E-state index contributed by atoms with van der Waals surface area (Å²) in [5.74, 6) is -1.13. The molecule has 1 aromatic carbocycles. The summed E-state index contributed by atoms with van der Waals surface area (Å²) in [5.41, 5.74) is 5.98. The van der Waals surface area contributed by atoms with E-state index in [9.17, 15) is 14.7 Å². The van der Waals surface area contributed by atoms with E-state index < -0.39 is 17.4 Å². The fraction of sp³-hybridized carbons (Fsp3) is 0.222. The van der Waals surface area contributed by atoms with Gasteiger partial charge in [-0.1, -0.05) is 0 Å². The Morgan fingerprint density at radius 2 is 2.04 bits per heavy atom. The maximum atomic E-state index is 11.1. The number of carboxylic acids is 1. The van der Waals surface area contributed by atoms with Crippen LogP contribution >= 0.6 is 0 Å². The number of nitriles is 1. The van der Waals surface area contributed by atoms with Gasteiger partial charge in [0.1, 0.15) is 6.07 Å². The molecule has 1 amide bonds. The number of aromatic nitrogens is 2. The van der Waals surface area contributed by atoms with Crippen molar-refractivity contribution in [3.8, 4) is 28.8 Å². The van der Waals surface area contributed by atoms with Gasteiger partial charge in [0.2, 0.25) is 5.91 Å². The van der Waals surface area contributed by atoms with Crippen molar-refractivity contribution in [2.75, 3.05) is 14.2 Å². The van der Waals surface area contributed by atoms with E-state index in [0.717, 1.165) is 6.08 Å². The number of hydrogen-bond acceptors (Lipinski definition) is 7. The Hall–Kier alpha value is -3.80. The molecule has 0 aliphatic rings. The van der Waals surface area contributed by atoms with Crippen LogP contribution in [0.3, 0.4) is 0 Å². The third-order valence-electron chi connectivity index (χ3n) is 3.67. The van der Waals surface area contributed by atoms with Gasteiger partial charge in [-0.2, -0.15) is 10.4 Å². The maximum absolute atomic E-state index is 11.1. The topological polar surface area (TPSA) is 143 Å². The van der Waals surface area contributed by atoms with Crippen LogP contribution in [-0.2, 0) is 16.1 Å². The van der Waals surface area contributed by atoms with E-state index in [1.807, 2.05) is 0 Å². The number of primary amides is 1. The van der Waals surface area contributed by atoms with Gasteiger partial charge in [-0.3, -0.25) is 9.48 Å². The average molecular weight is 369 g/mol. The van der Waals surface area contributed by atoms with Gasteiger partial charge in [-0.15, -0.1) is 0 Å². The SMILES string of the molecule is COc1ccc(-c2nn(CCC(N)=O)cc2/C=C(/C#N)C(=O)[O-])cc1OC. The molecule has 9 nitrogen and oxygen atoms in total. The minimum absolute atomic E-state index is 0.0573. The van der Waals surface area contributed by atoms with Gasteiger partial charge < -0.3 is 25.1 Å². The lowest BCUT2D eigenvalue weighted by molar-refractivity contribution is -0.298. The van der Waals surface area contributed by atoms with Crippen molar-refractivity contribution in [3.63, 3.8) is 0 Å². The van der Waals surface area contributed by atoms with E-state index in [0.29, 0.717) is 28.3 Å². The van der Waals surface area contributed by atoms with Crippen LogP contribution in [0.5, 0.6) is 11.5 Å². The molecule has 2 aromatic rings. The van der Waals surface area contributed by atoms with Crippen molar-refractivity contribution in [1.82, 2.24) is 9.78 Å². The van der Waals surface area contributed by atoms with Crippen molar-refractivity contribution in [2.45, 2.75) is 13.0 Å². The predicted octanol–water partition coefficient (Wildman–Crippen LogP) is 0.0996. The zero-order valence-electron chi connectivity index (χ0n) is 14.8. The van der Waals surface area contributed by atoms with Gasteiger partial charge in [0.15, 0.2) is 11.5 Å². The molecule has 0 spiro atoms. The highest BCUT2D eigenvalue weighted by atomic mass is 16.5. The number of carbonyl (C=O) groups excluding carboxylic acids is 2. The summed E-state index contributed by atoms with van der Waals surface area (Å²) >= 11 is 0. The van der Waals surface area contributed by atoms with Crippen LogP contribution in [-0.4, -0.2) is 35.9 Å². The molecule has 1 heterocycles. The first-order valence-corrected chi connectivity index (χ1v) is 7.81. The maximum Gasteiger partial charge on any atom is 0.219 e. The lowest BCUT2D eigenvalue weighted by Gasteiger charge is -2.09. The highest BCUT2D eigenvalue weighted by Gasteiger charge is 2.14. The molecule has 0 fully saturated rings. The molecular weight excluding hydrogens is 352 g/mol. The van der Waals surface area contributed by atoms with E-state index in [4.69, 9.17) is 20.5 Å². The first-order chi connectivity index (χ1) is 12.9. The summed E-state index contributed by atoms with van der Waals surface area (Å²) in [6.07, 6.45) is 2.74. The van der Waals surface area contributed by atoms with Crippen molar-refractivity contribution < 1.29 is 24.2 Å². The molecule has 0 saturated heterocycles. The Kier molecular flexibility index (Phi) is 6.17. The molecule has 140 valence electrons. The number of methoxy groups -OCH3 is 2. The molecule has 2 N–H and O–H groups in total. The van der Waals surface area contributed by atoms with E-state index in [1.165, 1.54) is 25.1 Å². The molecule has 0 radical (unpaired) electrons. The number of carboxylic acid groups (broad SMARTS) is 1. The summed E-state index contributed by atoms with van der Waals surface area (Å²) in [6, 6.07) is 6.63. The summed E-state index contributed by atoms with van der Waals surface area (Å²) in [6.45, 7) is 0.205. The van der Waals surface area contributed by atoms with Crippen LogP contribution in [0.2, 0.25) is 0 Å². The van der Waals surface area contributed by atoms with E-state index in [-0.39, 0.29) is 13.0 Å². The van der Waals surface area contributed by atoms with Crippen LogP contribution in [0.4, 0.5) is 0 Å². The number of aliphatic carboxylic acids is 1. The lowest BCUT2D eigenvalue weighted by Crippen LogP contribution is -2.23. The molecule has 2 rings (SSSR count). The fourth-order valence-electron chi connectivity index (χ4n) is 2.38. The first-order valence-electron chi connectivity index (χ1n) is 7.81. The van der Waals surface area contributed by atoms with Gasteiger partial charge in [-0.05, 0) is 24.3 Å². The van der Waals surface area contributed by atoms with Gasteiger partial charge >= 0.3 is 0 Å². The second-order valence-corrected chi connectivity index (χ2v) is 5.44. The quantitative estimate of drug-likeness (QED) is 0.513. The van der Waals surface area contributed by atoms with Crippen LogP contribution in [0.15, 0.2) is 30.0 Å². The number of nitrogens with two attached hydrogens (primary N) is 1. The normalized spacial score (nSPS) is 10.9. The third-order valence-corrected chi connectivity index (χ3v) is 3.67. The number of aryl methyl sites for hydroxylation is 1. The Bertz CT molecular complexity index is 940. The zero-order chi connectivity index (χ0) is 20.0. The van der Waals surface area contributed by atoms with Crippen LogP contribution in [0.1, 0.15) is 12.0 Å². The van der Waals surface area contributed by atoms with Crippen LogP contribution < -0.4 is 20.3 Å². The molecule has 0 aliphatic heterocycles. The molecule has 9 heteroatoms. The molecule has 0 unspecified atom stereocenters. The second kappa shape index (κ2) is 8.53. The summed E-state index contributed by atoms with van der Waals surface area (Å²) in [5, 5.41) is 24.4. The summed E-state index contributed by atoms with van der Waals surface area (Å²) in [7, 11) is 2.99. The number of nitrogens with zero attached hydrogens (tertiary/aromatic N) is 3. The number of benzene rings is 1. The molecule has 0 atom stereocenters. The van der Waals surface area contributed by atoms with Gasteiger partial charge in [0.25, 0.3) is 0 Å². The monoisotopic (exact) mass is 369 g/mol. The van der Waals surface area contributed by atoms with Gasteiger partial charge in [-0.25, -0.2) is 0 Å². The Morgan fingerprint density at radius 1 is 1.33 bits per heavy atom. The van der Waals surface area contributed by atoms with E-state index in [2.05, 4.69) is 5.10 Å². The standard InChI is InChI=1S/C18H18N4O5/c1-26-14-4-3-11(8-15(14)27-2)17-13(7-12(9-19)18(24)25)10-22(21-17)6-5-16(20)23/h3-4,7-8,10H,5-6H2,1-2H3,(H2,20,23)(H,24,25)/p-1/b12-7-. The number of rotatable bonds is 8. The average Bonchev–Trinajstić information content (AvgIpc) is 3.06. The van der Waals surface area contributed by atoms with Crippen molar-refractivity contribution in [3.05, 3.63) is 35.5 Å². The van der Waals surface area contributed by atoms with Crippen molar-refractivity contribution in [1.29, 1.82) is 5.26 Å². The Labute approximate surface area is 155 Å². The predicted molar refractivity (Wildman–Crippen MR) is 93.2 cm³/mol. The summed E-state index contributed by atoms with van der Waals surface area (Å²) < 4.78 is 11.9. The smallest absolute Gasteiger partial charge is 0.219 e. The zero-order valence-corrected chi connectivity index (χ0v) is 14.8. The molecule has 0 aliphatic carbocycles. The number of amides is 1. The lowest BCUT2D eigenvalue weighted by atomic mass is 10.1. The molecule has 0 saturated carbocycles. The van der Waals surface area contributed by atoms with E-state index in [1.54, 1.807) is 24.3 Å². The molecular formula is C18H17N4O5-. The Balaban J connectivity index is 2.57. The number of carbonyl (C=O) groups is 2. The third kappa shape index (κ3) is 4.64. The summed E-state index contributed by atoms with van der Waals surface area (Å²) in [4.78, 5) is 22.1. The molecule has 0 bridgehead atoms. The number of ether oxygens (including phenoxy) is 2. The molecule has 27 heavy (non-hydrogen) atoms. The molecule has 1 aromatic heterocycles. The fourth-order valence-corrected chi connectivity index (χ4v) is 2.38.